The van der Waals surface area contributed by atoms with Gasteiger partial charge in [0.2, 0.25) is 0 Å². The van der Waals surface area contributed by atoms with Crippen LogP contribution in [0.15, 0.2) is 60.0 Å². The Morgan fingerprint density at radius 2 is 1.66 bits per heavy atom. The molecule has 0 amide bonds. The summed E-state index contributed by atoms with van der Waals surface area (Å²) in [5.74, 6) is -2.94. The zero-order chi connectivity index (χ0) is 56.4. The number of esters is 1. The number of hydrogen-bond acceptors (Lipinski definition) is 20. The molecular formula is C55H90FN7O13. The molecule has 0 aliphatic carbocycles. The maximum atomic E-state index is 14.7. The molecule has 1 aromatic heterocycles. The molecule has 3 saturated heterocycles. The Kier molecular flexibility index (Phi) is 22.8. The summed E-state index contributed by atoms with van der Waals surface area (Å²) in [6, 6.07) is 5.55. The number of hydrogen-bond donors (Lipinski definition) is 7. The fourth-order valence-electron chi connectivity index (χ4n) is 11.5. The number of carbonyl (C=O) groups excluding carboxylic acids is 1. The average Bonchev–Trinajstić information content (AvgIpc) is 3.39. The van der Waals surface area contributed by atoms with Gasteiger partial charge in [0.15, 0.2) is 12.6 Å². The molecule has 430 valence electrons. The van der Waals surface area contributed by atoms with Crippen LogP contribution in [0, 0.1) is 23.3 Å². The topological polar surface area (TPSA) is 263 Å². The molecule has 3 fully saturated rings. The third-order valence-corrected chi connectivity index (χ3v) is 16.4. The molecule has 1 aromatic carbocycles. The first-order valence-electron chi connectivity index (χ1n) is 26.8. The van der Waals surface area contributed by atoms with Gasteiger partial charge in [-0.3, -0.25) is 4.79 Å². The third-order valence-electron chi connectivity index (χ3n) is 16.4. The van der Waals surface area contributed by atoms with Gasteiger partial charge in [-0.25, -0.2) is 19.9 Å². The van der Waals surface area contributed by atoms with Gasteiger partial charge >= 0.3 is 5.97 Å². The van der Waals surface area contributed by atoms with Crippen LogP contribution in [0.25, 0.3) is 11.1 Å². The zero-order valence-corrected chi connectivity index (χ0v) is 47.2. The Bertz CT molecular complexity index is 2150. The van der Waals surface area contributed by atoms with Crippen LogP contribution in [0.3, 0.4) is 0 Å². The minimum Gasteiger partial charge on any atom is -0.459 e. The summed E-state index contributed by atoms with van der Waals surface area (Å²) in [6.07, 6.45) is -3.79. The number of aromatic nitrogens is 2. The molecule has 0 spiro atoms. The number of carbonyl (C=O) groups is 1. The highest BCUT2D eigenvalue weighted by atomic mass is 19.1. The number of nitrogens with one attached hydrogen (secondary N) is 2. The maximum Gasteiger partial charge on any atom is 0.311 e. The number of nitrogens with zero attached hydrogens (tertiary/aromatic N) is 5. The molecule has 20 nitrogen and oxygen atoms in total. The lowest BCUT2D eigenvalue weighted by molar-refractivity contribution is -0.318. The fourth-order valence-corrected chi connectivity index (χ4v) is 11.5. The van der Waals surface area contributed by atoms with Crippen LogP contribution < -0.4 is 5.32 Å². The van der Waals surface area contributed by atoms with E-state index in [4.69, 9.17) is 38.7 Å². The number of likely N-dealkylation sites (N-methyl/N-ethyl adjacent to an activating group) is 2. The first kappa shape index (κ1) is 63.2. The van der Waals surface area contributed by atoms with E-state index in [0.29, 0.717) is 25.2 Å². The van der Waals surface area contributed by atoms with Crippen LogP contribution in [0.2, 0.25) is 0 Å². The lowest BCUT2D eigenvalue weighted by atomic mass is 9.77. The van der Waals surface area contributed by atoms with Crippen LogP contribution in [-0.4, -0.2) is 196 Å². The maximum absolute atomic E-state index is 14.7. The summed E-state index contributed by atoms with van der Waals surface area (Å²) in [5.41, 5.74) is 6.18. The fraction of sp³-hybridized carbons (Fsp3) is 0.764. The Balaban J connectivity index is 1.42. The van der Waals surface area contributed by atoms with Gasteiger partial charge in [-0.2, -0.15) is 5.11 Å². The summed E-state index contributed by atoms with van der Waals surface area (Å²) < 4.78 is 58.7. The van der Waals surface area contributed by atoms with Crippen molar-refractivity contribution in [1.82, 2.24) is 25.1 Å². The molecule has 7 N–H and O–H groups in total. The largest absolute Gasteiger partial charge is 0.459 e. The quantitative estimate of drug-likeness (QED) is 0.0737. The standard InChI is InChI=1S/C55H90FN7O13/c1-15-43-55(10,69)48(65)35(6)63(12)29-31(2)23-53(8,68)50(33(4)46(34(5)51(67)74-43)75-44-24-54(9,71-14)49(66)36(7)73-44)76-52-45(64)42(22-32(3)72-52)62(11)21-20-40(61-57)28-60-41(25-56)47(70-13)38-18-16-37(17-19-38)39-26-58-30-59-27-39/h16-19,26-28,30-36,41-50,52,57,60,64-66,68-69H,15,20-25,29H2,1-14H3/b40-28-,61-57?/t31-,32-,33+,34-,35-,36+,41-,42+,43-,44+,45-,46+,47-,48-,49+,50-,52+,53-,54-,55-/m1/s1. The molecule has 0 unspecified atom stereocenters. The van der Waals surface area contributed by atoms with Crippen molar-refractivity contribution in [3.05, 3.63) is 60.4 Å². The van der Waals surface area contributed by atoms with Crippen molar-refractivity contribution in [1.29, 1.82) is 5.53 Å². The highest BCUT2D eigenvalue weighted by Gasteiger charge is 2.53. The Morgan fingerprint density at radius 1 is 1.00 bits per heavy atom. The minimum absolute atomic E-state index is 0.0724. The van der Waals surface area contributed by atoms with Crippen molar-refractivity contribution < 1.29 is 67.9 Å². The van der Waals surface area contributed by atoms with Crippen LogP contribution in [0.5, 0.6) is 0 Å². The third kappa shape index (κ3) is 15.2. The number of methoxy groups -OCH3 is 2. The van der Waals surface area contributed by atoms with Gasteiger partial charge in [0.05, 0.1) is 53.3 Å². The molecule has 76 heavy (non-hydrogen) atoms. The summed E-state index contributed by atoms with van der Waals surface area (Å²) in [6.45, 7) is 17.2. The van der Waals surface area contributed by atoms with E-state index in [1.54, 1.807) is 60.9 Å². The molecule has 0 saturated carbocycles. The zero-order valence-electron chi connectivity index (χ0n) is 47.2. The first-order valence-corrected chi connectivity index (χ1v) is 26.8. The lowest BCUT2D eigenvalue weighted by Gasteiger charge is -2.49. The second kappa shape index (κ2) is 27.5. The van der Waals surface area contributed by atoms with Crippen molar-refractivity contribution in [3.8, 4) is 11.1 Å². The minimum atomic E-state index is -1.86. The summed E-state index contributed by atoms with van der Waals surface area (Å²) in [7, 11) is 6.65. The molecule has 5 rings (SSSR count). The SMILES string of the molecule is CC[C@H]1OC(=O)[C@H](C)[C@@H](O[C@H]2C[C@@](C)(OC)[C@@H](O)[C@H](C)O2)[C@H](C)[C@@H](O[C@@H]2O[C@H](C)C[C@H](N(C)CC/C(=C/N[C@H](CF)[C@H](OC)c3ccc(-c4cncnc4)cc3)N=N)[C@H]2O)[C@](C)(O)C[C@@H](C)CN(C)[C@H](C)[C@@H](O)[C@]1(C)O. The number of cyclic esters (lactones) is 1. The van der Waals surface area contributed by atoms with Crippen molar-refractivity contribution in [2.24, 2.45) is 22.9 Å². The number of ether oxygens (including phenoxy) is 7. The number of halogens is 1. The summed E-state index contributed by atoms with van der Waals surface area (Å²) in [5, 5.41) is 66.7. The van der Waals surface area contributed by atoms with Crippen LogP contribution in [0.1, 0.15) is 113 Å². The number of benzene rings is 1. The predicted molar refractivity (Wildman–Crippen MR) is 281 cm³/mol. The molecule has 0 radical (unpaired) electrons. The van der Waals surface area contributed by atoms with E-state index in [9.17, 15) is 34.7 Å². The van der Waals surface area contributed by atoms with E-state index in [-0.39, 0.29) is 31.6 Å². The first-order chi connectivity index (χ1) is 35.8. The van der Waals surface area contributed by atoms with Gasteiger partial charge < -0.3 is 73.8 Å². The second-order valence-electron chi connectivity index (χ2n) is 22.5. The van der Waals surface area contributed by atoms with Gasteiger partial charge in [-0.05, 0) is 98.9 Å². The normalized spacial score (nSPS) is 38.6. The predicted octanol–water partition coefficient (Wildman–Crippen LogP) is 5.31. The highest BCUT2D eigenvalue weighted by molar-refractivity contribution is 5.73. The van der Waals surface area contributed by atoms with Crippen LogP contribution in [0.4, 0.5) is 4.39 Å². The highest BCUT2D eigenvalue weighted by Crippen LogP contribution is 2.40. The van der Waals surface area contributed by atoms with Crippen LogP contribution >= 0.6 is 0 Å². The lowest BCUT2D eigenvalue weighted by Crippen LogP contribution is -2.60. The summed E-state index contributed by atoms with van der Waals surface area (Å²) >= 11 is 0. The molecule has 0 bridgehead atoms. The number of aliphatic hydroxyl groups excluding tert-OH is 3. The van der Waals surface area contributed by atoms with Gasteiger partial charge in [0.25, 0.3) is 0 Å². The van der Waals surface area contributed by atoms with E-state index in [0.717, 1.165) is 16.7 Å². The second-order valence-corrected chi connectivity index (χ2v) is 22.5. The van der Waals surface area contributed by atoms with Gasteiger partial charge in [-0.1, -0.05) is 45.0 Å². The van der Waals surface area contributed by atoms with E-state index in [2.05, 4.69) is 20.4 Å². The number of alkyl halides is 1. The molecule has 21 heteroatoms. The average molecular weight is 1080 g/mol. The smallest absolute Gasteiger partial charge is 0.311 e. The molecule has 3 aliphatic heterocycles. The molecule has 4 heterocycles. The van der Waals surface area contributed by atoms with E-state index in [1.165, 1.54) is 33.7 Å². The van der Waals surface area contributed by atoms with Crippen LogP contribution in [-0.2, 0) is 38.0 Å². The van der Waals surface area contributed by atoms with Gasteiger partial charge in [0, 0.05) is 82.3 Å². The van der Waals surface area contributed by atoms with Crippen molar-refractivity contribution in [2.45, 2.75) is 204 Å². The van der Waals surface area contributed by atoms with E-state index in [1.807, 2.05) is 62.0 Å². The Morgan fingerprint density at radius 3 is 2.25 bits per heavy atom. The van der Waals surface area contributed by atoms with E-state index >= 15 is 0 Å². The molecule has 20 atom stereocenters. The Labute approximate surface area is 449 Å². The Hall–Kier alpha value is -3.68. The summed E-state index contributed by atoms with van der Waals surface area (Å²) in [4.78, 5) is 26.5. The van der Waals surface area contributed by atoms with Gasteiger partial charge in [0.1, 0.15) is 49.1 Å². The van der Waals surface area contributed by atoms with Crippen molar-refractivity contribution in [2.75, 3.05) is 48.1 Å². The van der Waals surface area contributed by atoms with E-state index < -0.39 is 127 Å². The van der Waals surface area contributed by atoms with Crippen molar-refractivity contribution in [3.63, 3.8) is 0 Å². The molecule has 3 aliphatic rings. The van der Waals surface area contributed by atoms with Crippen molar-refractivity contribution >= 4 is 5.97 Å². The van der Waals surface area contributed by atoms with Gasteiger partial charge in [-0.15, -0.1) is 0 Å². The molecular weight excluding hydrogens is 986 g/mol. The molecule has 2 aromatic rings. The number of aliphatic hydroxyl groups is 5. The number of rotatable bonds is 18. The monoisotopic (exact) mass is 1080 g/mol.